The molecule has 0 heterocycles. The molecular formula is C14H22N2O2S. The third-order valence-electron chi connectivity index (χ3n) is 3.87. The molecule has 0 spiro atoms. The highest BCUT2D eigenvalue weighted by atomic mass is 32.2. The molecule has 1 aliphatic rings. The van der Waals surface area contributed by atoms with Gasteiger partial charge in [0, 0.05) is 12.6 Å². The summed E-state index contributed by atoms with van der Waals surface area (Å²) in [5.41, 5.74) is 7.53. The average molecular weight is 282 g/mol. The molecule has 1 fully saturated rings. The quantitative estimate of drug-likeness (QED) is 0.886. The van der Waals surface area contributed by atoms with Gasteiger partial charge in [-0.2, -0.15) is 0 Å². The molecule has 2 rings (SSSR count). The summed E-state index contributed by atoms with van der Waals surface area (Å²) in [6.07, 6.45) is 2.94. The van der Waals surface area contributed by atoms with Crippen molar-refractivity contribution >= 4 is 10.0 Å². The van der Waals surface area contributed by atoms with E-state index in [1.165, 1.54) is 0 Å². The zero-order valence-electron chi connectivity index (χ0n) is 11.5. The van der Waals surface area contributed by atoms with Crippen molar-refractivity contribution < 1.29 is 8.42 Å². The van der Waals surface area contributed by atoms with Gasteiger partial charge >= 0.3 is 0 Å². The maximum Gasteiger partial charge on any atom is 0.240 e. The number of sulfonamides is 1. The SMILES string of the molecule is Cc1ccc(S(=O)(=O)NC2CCC(C)C2)cc1CN. The summed E-state index contributed by atoms with van der Waals surface area (Å²) in [7, 11) is -3.42. The Hall–Kier alpha value is -0.910. The molecule has 1 saturated carbocycles. The highest BCUT2D eigenvalue weighted by molar-refractivity contribution is 7.89. The average Bonchev–Trinajstić information content (AvgIpc) is 2.74. The van der Waals surface area contributed by atoms with Gasteiger partial charge in [0.25, 0.3) is 0 Å². The van der Waals surface area contributed by atoms with Crippen LogP contribution in [-0.2, 0) is 16.6 Å². The lowest BCUT2D eigenvalue weighted by molar-refractivity contribution is 0.538. The van der Waals surface area contributed by atoms with Crippen LogP contribution in [0.3, 0.4) is 0 Å². The fraction of sp³-hybridized carbons (Fsp3) is 0.571. The maximum absolute atomic E-state index is 12.3. The van der Waals surface area contributed by atoms with E-state index in [1.54, 1.807) is 12.1 Å². The molecule has 5 heteroatoms. The number of rotatable bonds is 4. The fourth-order valence-corrected chi connectivity index (χ4v) is 3.97. The van der Waals surface area contributed by atoms with E-state index in [-0.39, 0.29) is 6.04 Å². The van der Waals surface area contributed by atoms with Crippen LogP contribution in [0.25, 0.3) is 0 Å². The van der Waals surface area contributed by atoms with Crippen LogP contribution >= 0.6 is 0 Å². The predicted octanol–water partition coefficient (Wildman–Crippen LogP) is 1.92. The van der Waals surface area contributed by atoms with E-state index < -0.39 is 10.0 Å². The molecule has 2 unspecified atom stereocenters. The summed E-state index contributed by atoms with van der Waals surface area (Å²) in [6, 6.07) is 5.21. The van der Waals surface area contributed by atoms with Crippen molar-refractivity contribution in [1.82, 2.24) is 4.72 Å². The molecule has 0 radical (unpaired) electrons. The molecule has 0 bridgehead atoms. The first-order valence-corrected chi connectivity index (χ1v) is 8.22. The Balaban J connectivity index is 2.19. The van der Waals surface area contributed by atoms with Crippen molar-refractivity contribution in [2.45, 2.75) is 50.6 Å². The standard InChI is InChI=1S/C14H22N2O2S/c1-10-3-5-13(7-10)16-19(17,18)14-6-4-11(2)12(8-14)9-15/h4,6,8,10,13,16H,3,5,7,9,15H2,1-2H3. The number of hydrogen-bond acceptors (Lipinski definition) is 3. The van der Waals surface area contributed by atoms with Crippen molar-refractivity contribution in [2.24, 2.45) is 11.7 Å². The van der Waals surface area contributed by atoms with Crippen molar-refractivity contribution in [3.05, 3.63) is 29.3 Å². The lowest BCUT2D eigenvalue weighted by Gasteiger charge is -2.14. The molecule has 0 saturated heterocycles. The van der Waals surface area contributed by atoms with Gasteiger partial charge in [0.15, 0.2) is 0 Å². The van der Waals surface area contributed by atoms with Gasteiger partial charge in [0.1, 0.15) is 0 Å². The predicted molar refractivity (Wildman–Crippen MR) is 76.2 cm³/mol. The van der Waals surface area contributed by atoms with Crippen molar-refractivity contribution in [1.29, 1.82) is 0 Å². The number of nitrogens with two attached hydrogens (primary N) is 1. The van der Waals surface area contributed by atoms with Crippen molar-refractivity contribution in [3.63, 3.8) is 0 Å². The van der Waals surface area contributed by atoms with Gasteiger partial charge in [-0.25, -0.2) is 13.1 Å². The van der Waals surface area contributed by atoms with Crippen molar-refractivity contribution in [3.8, 4) is 0 Å². The number of benzene rings is 1. The molecule has 4 nitrogen and oxygen atoms in total. The first-order chi connectivity index (χ1) is 8.92. The number of nitrogens with one attached hydrogen (secondary N) is 1. The lowest BCUT2D eigenvalue weighted by Crippen LogP contribution is -2.33. The van der Waals surface area contributed by atoms with E-state index >= 15 is 0 Å². The summed E-state index contributed by atoms with van der Waals surface area (Å²) < 4.78 is 27.4. The molecule has 0 aromatic heterocycles. The van der Waals surface area contributed by atoms with E-state index in [0.717, 1.165) is 30.4 Å². The third kappa shape index (κ3) is 3.35. The molecule has 0 amide bonds. The van der Waals surface area contributed by atoms with Gasteiger partial charge in [0.2, 0.25) is 10.0 Å². The van der Waals surface area contributed by atoms with E-state index in [9.17, 15) is 8.42 Å². The lowest BCUT2D eigenvalue weighted by atomic mass is 10.1. The first-order valence-electron chi connectivity index (χ1n) is 6.74. The summed E-state index contributed by atoms with van der Waals surface area (Å²) in [5, 5.41) is 0. The Kier molecular flexibility index (Phi) is 4.28. The summed E-state index contributed by atoms with van der Waals surface area (Å²) in [5.74, 6) is 0.602. The normalized spacial score (nSPS) is 23.7. The van der Waals surface area contributed by atoms with Gasteiger partial charge in [-0.1, -0.05) is 13.0 Å². The van der Waals surface area contributed by atoms with Crippen LogP contribution in [0.5, 0.6) is 0 Å². The Labute approximate surface area is 115 Å². The monoisotopic (exact) mass is 282 g/mol. The molecule has 1 aliphatic carbocycles. The highest BCUT2D eigenvalue weighted by Gasteiger charge is 2.26. The van der Waals surface area contributed by atoms with Gasteiger partial charge in [-0.3, -0.25) is 0 Å². The minimum atomic E-state index is -3.42. The van der Waals surface area contributed by atoms with Crippen LogP contribution in [0.1, 0.15) is 37.3 Å². The molecule has 2 atom stereocenters. The minimum absolute atomic E-state index is 0.0719. The summed E-state index contributed by atoms with van der Waals surface area (Å²) in [4.78, 5) is 0.318. The Morgan fingerprint density at radius 1 is 1.37 bits per heavy atom. The molecule has 3 N–H and O–H groups in total. The second kappa shape index (κ2) is 5.61. The molecular weight excluding hydrogens is 260 g/mol. The van der Waals surface area contributed by atoms with Gasteiger partial charge in [-0.15, -0.1) is 0 Å². The molecule has 1 aromatic rings. The minimum Gasteiger partial charge on any atom is -0.326 e. The molecule has 106 valence electrons. The van der Waals surface area contributed by atoms with Crippen LogP contribution in [0, 0.1) is 12.8 Å². The smallest absolute Gasteiger partial charge is 0.240 e. The van der Waals surface area contributed by atoms with Crippen LogP contribution in [-0.4, -0.2) is 14.5 Å². The van der Waals surface area contributed by atoms with Crippen LogP contribution in [0.4, 0.5) is 0 Å². The van der Waals surface area contributed by atoms with E-state index in [0.29, 0.717) is 17.4 Å². The van der Waals surface area contributed by atoms with Crippen molar-refractivity contribution in [2.75, 3.05) is 0 Å². The van der Waals surface area contributed by atoms with E-state index in [4.69, 9.17) is 5.73 Å². The van der Waals surface area contributed by atoms with Gasteiger partial charge in [0.05, 0.1) is 4.90 Å². The van der Waals surface area contributed by atoms with Crippen LogP contribution in [0.2, 0.25) is 0 Å². The number of hydrogen-bond donors (Lipinski definition) is 2. The summed E-state index contributed by atoms with van der Waals surface area (Å²) >= 11 is 0. The fourth-order valence-electron chi connectivity index (χ4n) is 2.64. The Bertz CT molecular complexity index is 555. The highest BCUT2D eigenvalue weighted by Crippen LogP contribution is 2.26. The third-order valence-corrected chi connectivity index (χ3v) is 5.39. The largest absolute Gasteiger partial charge is 0.326 e. The van der Waals surface area contributed by atoms with Gasteiger partial charge < -0.3 is 5.73 Å². The van der Waals surface area contributed by atoms with E-state index in [1.807, 2.05) is 13.0 Å². The first kappa shape index (κ1) is 14.5. The Morgan fingerprint density at radius 2 is 2.11 bits per heavy atom. The zero-order valence-corrected chi connectivity index (χ0v) is 12.3. The molecule has 1 aromatic carbocycles. The van der Waals surface area contributed by atoms with Crippen LogP contribution < -0.4 is 10.5 Å². The Morgan fingerprint density at radius 3 is 2.68 bits per heavy atom. The van der Waals surface area contributed by atoms with Crippen LogP contribution in [0.15, 0.2) is 23.1 Å². The molecule has 19 heavy (non-hydrogen) atoms. The second-order valence-corrected chi connectivity index (χ2v) is 7.24. The van der Waals surface area contributed by atoms with E-state index in [2.05, 4.69) is 11.6 Å². The zero-order chi connectivity index (χ0) is 14.0. The molecule has 0 aliphatic heterocycles. The maximum atomic E-state index is 12.3. The summed E-state index contributed by atoms with van der Waals surface area (Å²) in [6.45, 7) is 4.45. The van der Waals surface area contributed by atoms with Gasteiger partial charge in [-0.05, 0) is 55.4 Å². The second-order valence-electron chi connectivity index (χ2n) is 5.53. The number of aryl methyl sites for hydroxylation is 1. The topological polar surface area (TPSA) is 72.2 Å².